The van der Waals surface area contributed by atoms with Crippen molar-refractivity contribution in [2.24, 2.45) is 28.7 Å². The van der Waals surface area contributed by atoms with E-state index in [0.29, 0.717) is 0 Å². The molecule has 0 unspecified atom stereocenters. The van der Waals surface area contributed by atoms with E-state index in [2.05, 4.69) is 0 Å². The van der Waals surface area contributed by atoms with E-state index < -0.39 is 123 Å². The van der Waals surface area contributed by atoms with Crippen LogP contribution >= 0.6 is 0 Å². The molecule has 15 N–H and O–H groups in total. The van der Waals surface area contributed by atoms with Crippen molar-refractivity contribution in [3.63, 3.8) is 0 Å². The largest absolute Gasteiger partial charge is 0.394 e. The molecular weight excluding hydrogens is 741 g/mol. The van der Waals surface area contributed by atoms with Gasteiger partial charge in [-0.15, -0.1) is 0 Å². The maximum atomic E-state index is 16.8. The molecule has 2 aromatic carbocycles. The number of nitrogens with two attached hydrogens (primary N) is 5. The lowest BCUT2D eigenvalue weighted by atomic mass is 9.84. The molecule has 2 aromatic rings. The highest BCUT2D eigenvalue weighted by Gasteiger charge is 2.55. The number of benzene rings is 2. The smallest absolute Gasteiger partial charge is 0.187 e. The van der Waals surface area contributed by atoms with E-state index in [4.69, 9.17) is 66.6 Å². The molecule has 1 saturated carbocycles. The van der Waals surface area contributed by atoms with Gasteiger partial charge in [-0.3, -0.25) is 0 Å². The molecule has 1 aliphatic carbocycles. The van der Waals surface area contributed by atoms with Gasteiger partial charge in [0.1, 0.15) is 67.1 Å². The van der Waals surface area contributed by atoms with Crippen LogP contribution in [0, 0.1) is 0 Å². The first-order valence-electron chi connectivity index (χ1n) is 18.8. The number of aliphatic hydroxyl groups excluding tert-OH is 5. The third-order valence-corrected chi connectivity index (χ3v) is 10.8. The van der Waals surface area contributed by atoms with Gasteiger partial charge in [-0.2, -0.15) is 0 Å². The maximum absolute atomic E-state index is 16.8. The topological polar surface area (TPSA) is 305 Å². The predicted octanol–water partition coefficient (Wildman–Crippen LogP) is -3.44. The highest BCUT2D eigenvalue weighted by molar-refractivity contribution is 5.15. The van der Waals surface area contributed by atoms with Gasteiger partial charge in [-0.1, -0.05) is 60.7 Å². The fourth-order valence-corrected chi connectivity index (χ4v) is 7.54. The first-order valence-corrected chi connectivity index (χ1v) is 18.8. The number of rotatable bonds is 15. The van der Waals surface area contributed by atoms with E-state index in [1.807, 2.05) is 60.7 Å². The lowest BCUT2D eigenvalue weighted by Crippen LogP contribution is -2.67. The van der Waals surface area contributed by atoms with Crippen LogP contribution in [0.25, 0.3) is 0 Å². The highest BCUT2D eigenvalue weighted by atomic mass is 19.1. The Kier molecular flexibility index (Phi) is 15.1. The zero-order valence-electron chi connectivity index (χ0n) is 30.8. The first kappa shape index (κ1) is 43.2. The molecule has 314 valence electrons. The van der Waals surface area contributed by atoms with Crippen LogP contribution in [-0.4, -0.2) is 162 Å². The first-order chi connectivity index (χ1) is 26.9. The zero-order valence-corrected chi connectivity index (χ0v) is 30.8. The molecule has 0 amide bonds. The molecule has 3 saturated heterocycles. The number of alkyl halides is 1. The van der Waals surface area contributed by atoms with Gasteiger partial charge in [-0.25, -0.2) is 4.39 Å². The normalized spacial score (nSPS) is 43.2. The summed E-state index contributed by atoms with van der Waals surface area (Å²) in [5.41, 5.74) is 32.3. The summed E-state index contributed by atoms with van der Waals surface area (Å²) >= 11 is 0. The molecule has 19 heteroatoms. The summed E-state index contributed by atoms with van der Waals surface area (Å²) in [4.78, 5) is 0. The molecule has 3 heterocycles. The van der Waals surface area contributed by atoms with E-state index in [1.165, 1.54) is 0 Å². The van der Waals surface area contributed by atoms with Crippen LogP contribution < -0.4 is 28.7 Å². The van der Waals surface area contributed by atoms with Gasteiger partial charge in [0.15, 0.2) is 25.0 Å². The molecule has 3 aliphatic heterocycles. The Morgan fingerprint density at radius 1 is 0.571 bits per heavy atom. The quantitative estimate of drug-likeness (QED) is 0.0839. The molecule has 0 aromatic heterocycles. The second-order valence-corrected chi connectivity index (χ2v) is 14.7. The monoisotopic (exact) mass is 797 g/mol. The van der Waals surface area contributed by atoms with E-state index >= 15 is 4.39 Å². The van der Waals surface area contributed by atoms with E-state index in [1.54, 1.807) is 0 Å². The van der Waals surface area contributed by atoms with Crippen LogP contribution in [0.4, 0.5) is 4.39 Å². The number of hydrogen-bond acceptors (Lipinski definition) is 18. The maximum Gasteiger partial charge on any atom is 0.187 e. The minimum absolute atomic E-state index is 0.0135. The minimum atomic E-state index is -1.81. The van der Waals surface area contributed by atoms with Crippen molar-refractivity contribution in [3.05, 3.63) is 71.8 Å². The molecule has 18 nitrogen and oxygen atoms in total. The van der Waals surface area contributed by atoms with Crippen LogP contribution in [-0.2, 0) is 51.1 Å². The minimum Gasteiger partial charge on any atom is -0.394 e. The highest BCUT2D eigenvalue weighted by Crippen LogP contribution is 2.36. The predicted molar refractivity (Wildman–Crippen MR) is 193 cm³/mol. The summed E-state index contributed by atoms with van der Waals surface area (Å²) in [6.07, 6.45) is -21.8. The van der Waals surface area contributed by atoms with Gasteiger partial charge in [0.25, 0.3) is 0 Å². The summed E-state index contributed by atoms with van der Waals surface area (Å²) in [6.45, 7) is -0.916. The molecule has 4 aliphatic rings. The SMILES string of the molecule is NC[C@@H]1O[C@H](O[C@H]2[C@@H](O)[C@H](O[C@@H]3[C@@H](O)[C@H](N)C[C@H](N)[C@H]3O[C@H]3O[C@H](CN)[C@@H](OCc4ccccc4)[C@H](F)[C@H]3OCc3ccccc3)O[C@@H]2CO)[C@H](N)[C@@H](O)[C@@H]1O. The van der Waals surface area contributed by atoms with Gasteiger partial charge in [0.05, 0.1) is 32.0 Å². The number of aliphatic hydroxyl groups is 5. The second-order valence-electron chi connectivity index (χ2n) is 14.7. The van der Waals surface area contributed by atoms with E-state index in [-0.39, 0.29) is 32.7 Å². The molecule has 19 atom stereocenters. The van der Waals surface area contributed by atoms with Crippen LogP contribution in [0.5, 0.6) is 0 Å². The van der Waals surface area contributed by atoms with Crippen molar-refractivity contribution in [1.29, 1.82) is 0 Å². The van der Waals surface area contributed by atoms with Crippen molar-refractivity contribution in [2.75, 3.05) is 19.7 Å². The van der Waals surface area contributed by atoms with E-state index in [9.17, 15) is 25.5 Å². The summed E-state index contributed by atoms with van der Waals surface area (Å²) in [6, 6.07) is 15.2. The van der Waals surface area contributed by atoms with Gasteiger partial charge in [-0.05, 0) is 17.5 Å². The zero-order chi connectivity index (χ0) is 40.1. The Hall–Kier alpha value is -2.35. The Bertz CT molecular complexity index is 1480. The van der Waals surface area contributed by atoms with Gasteiger partial charge >= 0.3 is 0 Å². The summed E-state index contributed by atoms with van der Waals surface area (Å²) in [7, 11) is 0. The second kappa shape index (κ2) is 19.6. The number of hydrogen-bond donors (Lipinski definition) is 10. The summed E-state index contributed by atoms with van der Waals surface area (Å²) < 4.78 is 65.2. The van der Waals surface area contributed by atoms with Crippen molar-refractivity contribution in [1.82, 2.24) is 0 Å². The fraction of sp³-hybridized carbons (Fsp3) is 0.676. The van der Waals surface area contributed by atoms with Crippen LogP contribution in [0.1, 0.15) is 17.5 Å². The third kappa shape index (κ3) is 9.57. The fourth-order valence-electron chi connectivity index (χ4n) is 7.54. The van der Waals surface area contributed by atoms with Crippen molar-refractivity contribution >= 4 is 0 Å². The van der Waals surface area contributed by atoms with Crippen molar-refractivity contribution in [2.45, 2.75) is 136 Å². The molecule has 0 bridgehead atoms. The Labute approximate surface area is 323 Å². The summed E-state index contributed by atoms with van der Waals surface area (Å²) in [5, 5.41) is 53.7. The molecule has 0 spiro atoms. The lowest BCUT2D eigenvalue weighted by molar-refractivity contribution is -0.334. The molecule has 56 heavy (non-hydrogen) atoms. The molecule has 4 fully saturated rings. The Morgan fingerprint density at radius 3 is 1.70 bits per heavy atom. The lowest BCUT2D eigenvalue weighted by Gasteiger charge is -2.48. The molecule has 6 rings (SSSR count). The average Bonchev–Trinajstić information content (AvgIpc) is 3.50. The Balaban J connectivity index is 1.21. The van der Waals surface area contributed by atoms with Gasteiger partial charge in [0.2, 0.25) is 0 Å². The molecule has 0 radical (unpaired) electrons. The van der Waals surface area contributed by atoms with Gasteiger partial charge < -0.3 is 92.1 Å². The third-order valence-electron chi connectivity index (χ3n) is 10.8. The average molecular weight is 798 g/mol. The van der Waals surface area contributed by atoms with Crippen molar-refractivity contribution in [3.8, 4) is 0 Å². The molecular formula is C37H56FN5O13. The van der Waals surface area contributed by atoms with Crippen molar-refractivity contribution < 1.29 is 67.8 Å². The Morgan fingerprint density at radius 2 is 1.11 bits per heavy atom. The van der Waals surface area contributed by atoms with Crippen LogP contribution in [0.2, 0.25) is 0 Å². The van der Waals surface area contributed by atoms with Gasteiger partial charge in [0, 0.05) is 25.2 Å². The summed E-state index contributed by atoms with van der Waals surface area (Å²) in [5.74, 6) is 0. The van der Waals surface area contributed by atoms with Crippen LogP contribution in [0.15, 0.2) is 60.7 Å². The number of halogens is 1. The van der Waals surface area contributed by atoms with Crippen LogP contribution in [0.3, 0.4) is 0 Å². The van der Waals surface area contributed by atoms with E-state index in [0.717, 1.165) is 11.1 Å². The standard InChI is InChI=1S/C37H56FN5O13/c38-24-31(49-15-17-7-3-1-4-8-17)22(13-40)52-37(33(24)50-16-18-9-5-2-6-10-18)54-30-20(42)11-19(41)26(45)34(30)56-36-29(48)32(23(14-44)53-36)55-35-25(43)28(47)27(46)21(12-39)51-35/h1-10,19-37,44-48H,11-16,39-43H2/t19-,20+,21+,22-,23-,24+,25-,26+,27-,28-,29-,30-,31-,32-,33-,34-,35-,36+,37-/m1/s1. The number of ether oxygens (including phenoxy) is 8.